The van der Waals surface area contributed by atoms with Gasteiger partial charge in [0.15, 0.2) is 10.5 Å². The molecule has 4 rings (SSSR count). The number of nitrogens with one attached hydrogen (secondary N) is 2. The smallest absolute Gasteiger partial charge is 0.306 e. The molecule has 4 aromatic rings. The molecule has 0 saturated carbocycles. The van der Waals surface area contributed by atoms with Gasteiger partial charge in [0.25, 0.3) is 5.56 Å². The number of para-hydroxylation sites is 2. The second-order valence-electron chi connectivity index (χ2n) is 5.61. The Morgan fingerprint density at radius 3 is 2.56 bits per heavy atom. The molecule has 2 aromatic heterocycles. The zero-order valence-electron chi connectivity index (χ0n) is 13.2. The minimum absolute atomic E-state index is 0.103. The summed E-state index contributed by atoms with van der Waals surface area (Å²) in [6.07, 6.45) is 0. The third-order valence-corrected chi connectivity index (χ3v) is 4.35. The van der Waals surface area contributed by atoms with Gasteiger partial charge in [0.2, 0.25) is 0 Å². The summed E-state index contributed by atoms with van der Waals surface area (Å²) in [7, 11) is 0. The molecule has 0 atom stereocenters. The number of aryl methyl sites for hydroxylation is 1. The van der Waals surface area contributed by atoms with E-state index in [9.17, 15) is 9.59 Å². The molecule has 0 unspecified atom stereocenters. The molecule has 0 spiro atoms. The third-order valence-electron chi connectivity index (χ3n) is 4.07. The minimum atomic E-state index is -0.536. The van der Waals surface area contributed by atoms with Crippen molar-refractivity contribution in [3.8, 4) is 0 Å². The number of hydrogen-bond acceptors (Lipinski definition) is 4. The van der Waals surface area contributed by atoms with Gasteiger partial charge in [-0.05, 0) is 37.3 Å². The highest BCUT2D eigenvalue weighted by Gasteiger charge is 2.18. The molecule has 2 heterocycles. The molecule has 0 aliphatic rings. The van der Waals surface area contributed by atoms with E-state index in [1.165, 1.54) is 0 Å². The van der Waals surface area contributed by atoms with Crippen molar-refractivity contribution in [3.05, 3.63) is 75.0 Å². The van der Waals surface area contributed by atoms with Gasteiger partial charge in [-0.15, -0.1) is 0 Å². The number of nitrogens with zero attached hydrogens (tertiary/aromatic N) is 1. The van der Waals surface area contributed by atoms with Crippen LogP contribution in [0, 0.1) is 11.7 Å². The Morgan fingerprint density at radius 1 is 1.12 bits per heavy atom. The summed E-state index contributed by atoms with van der Waals surface area (Å²) in [6, 6.07) is 14.3. The van der Waals surface area contributed by atoms with Gasteiger partial charge in [0, 0.05) is 10.9 Å². The van der Waals surface area contributed by atoms with Gasteiger partial charge in [-0.1, -0.05) is 30.3 Å². The van der Waals surface area contributed by atoms with Crippen LogP contribution in [0.2, 0.25) is 0 Å². The number of H-pyrrole nitrogens is 1. The molecule has 25 heavy (non-hydrogen) atoms. The first-order valence-electron chi connectivity index (χ1n) is 7.60. The van der Waals surface area contributed by atoms with Gasteiger partial charge < -0.3 is 9.40 Å². The zero-order valence-corrected chi connectivity index (χ0v) is 14.0. The maximum absolute atomic E-state index is 12.6. The second kappa shape index (κ2) is 5.71. The van der Waals surface area contributed by atoms with Crippen LogP contribution in [-0.4, -0.2) is 15.6 Å². The molecular weight excluding hydrogens is 338 g/mol. The predicted octanol–water partition coefficient (Wildman–Crippen LogP) is 3.50. The maximum Gasteiger partial charge on any atom is 0.306 e. The number of fused-ring (bicyclic) bond motifs is 2. The van der Waals surface area contributed by atoms with Crippen molar-refractivity contribution < 1.29 is 9.21 Å². The first-order chi connectivity index (χ1) is 12.1. The van der Waals surface area contributed by atoms with Crippen LogP contribution in [0.5, 0.6) is 0 Å². The number of amides is 1. The number of benzene rings is 2. The zero-order chi connectivity index (χ0) is 17.6. The number of aromatic amines is 1. The summed E-state index contributed by atoms with van der Waals surface area (Å²) in [4.78, 5) is 28.2. The Kier molecular flexibility index (Phi) is 3.51. The molecule has 1 amide bonds. The van der Waals surface area contributed by atoms with E-state index in [1.807, 2.05) is 18.2 Å². The van der Waals surface area contributed by atoms with E-state index in [2.05, 4.69) is 10.4 Å². The van der Waals surface area contributed by atoms with Crippen LogP contribution in [-0.2, 0) is 0 Å². The average molecular weight is 351 g/mol. The highest BCUT2D eigenvalue weighted by Crippen LogP contribution is 2.24. The van der Waals surface area contributed by atoms with E-state index >= 15 is 0 Å². The molecule has 0 saturated heterocycles. The van der Waals surface area contributed by atoms with Gasteiger partial charge in [-0.3, -0.25) is 15.0 Å². The lowest BCUT2D eigenvalue weighted by atomic mass is 10.1. The average Bonchev–Trinajstić information content (AvgIpc) is 2.96. The van der Waals surface area contributed by atoms with E-state index in [4.69, 9.17) is 16.6 Å². The van der Waals surface area contributed by atoms with E-state index in [-0.39, 0.29) is 10.5 Å². The lowest BCUT2D eigenvalue weighted by molar-refractivity contribution is 0.0981. The molecule has 0 bridgehead atoms. The number of carbonyl (C=O) groups excluding carboxylic acids is 1. The van der Waals surface area contributed by atoms with E-state index in [0.717, 1.165) is 10.1 Å². The fraction of sp³-hybridized carbons (Fsp3) is 0.0556. The van der Waals surface area contributed by atoms with Gasteiger partial charge in [0.1, 0.15) is 5.58 Å². The van der Waals surface area contributed by atoms with Crippen molar-refractivity contribution in [1.29, 1.82) is 0 Å². The summed E-state index contributed by atoms with van der Waals surface area (Å²) < 4.78 is 6.75. The molecule has 2 N–H and O–H groups in total. The summed E-state index contributed by atoms with van der Waals surface area (Å²) in [5, 5.41) is 1.28. The van der Waals surface area contributed by atoms with E-state index in [0.29, 0.717) is 22.0 Å². The summed E-state index contributed by atoms with van der Waals surface area (Å²) >= 11 is 5.19. The molecule has 0 radical (unpaired) electrons. The van der Waals surface area contributed by atoms with Crippen molar-refractivity contribution in [2.75, 3.05) is 5.43 Å². The summed E-state index contributed by atoms with van der Waals surface area (Å²) in [6.45, 7) is 1.80. The third kappa shape index (κ3) is 2.45. The normalized spacial score (nSPS) is 11.1. The summed E-state index contributed by atoms with van der Waals surface area (Å²) in [5.41, 5.74) is 4.05. The fourth-order valence-corrected chi connectivity index (χ4v) is 3.05. The van der Waals surface area contributed by atoms with Crippen molar-refractivity contribution in [3.63, 3.8) is 0 Å². The minimum Gasteiger partial charge on any atom is -0.451 e. The van der Waals surface area contributed by atoms with Crippen LogP contribution in [0.3, 0.4) is 0 Å². The largest absolute Gasteiger partial charge is 0.451 e. The van der Waals surface area contributed by atoms with Crippen molar-refractivity contribution in [1.82, 2.24) is 9.66 Å². The molecule has 0 fully saturated rings. The Morgan fingerprint density at radius 2 is 1.80 bits per heavy atom. The first-order valence-corrected chi connectivity index (χ1v) is 8.00. The molecular formula is C18H13N3O3S. The fourth-order valence-electron chi connectivity index (χ4n) is 2.81. The van der Waals surface area contributed by atoms with E-state index < -0.39 is 11.5 Å². The lowest BCUT2D eigenvalue weighted by Crippen LogP contribution is -2.34. The second-order valence-corrected chi connectivity index (χ2v) is 6.00. The molecule has 6 nitrogen and oxygen atoms in total. The number of rotatable bonds is 2. The van der Waals surface area contributed by atoms with Crippen LogP contribution in [0.1, 0.15) is 16.1 Å². The van der Waals surface area contributed by atoms with Gasteiger partial charge in [-0.2, -0.15) is 4.68 Å². The van der Waals surface area contributed by atoms with Crippen LogP contribution >= 0.6 is 12.2 Å². The van der Waals surface area contributed by atoms with Gasteiger partial charge >= 0.3 is 5.91 Å². The van der Waals surface area contributed by atoms with Crippen LogP contribution < -0.4 is 11.0 Å². The van der Waals surface area contributed by atoms with Crippen LogP contribution in [0.4, 0.5) is 0 Å². The number of furan rings is 1. The Labute approximate surface area is 146 Å². The van der Waals surface area contributed by atoms with Crippen molar-refractivity contribution in [2.24, 2.45) is 0 Å². The standard InChI is InChI=1S/C18H13N3O3S/c1-10-11-6-3-5-9-14(11)24-15(10)16(22)20-21-17(23)12-7-2-4-8-13(12)19-18(21)25/h2-9H,1H3,(H,19,25)(H,20,22). The Bertz CT molecular complexity index is 1250. The maximum atomic E-state index is 12.6. The van der Waals surface area contributed by atoms with E-state index in [1.54, 1.807) is 37.3 Å². The Hall–Kier alpha value is -3.19. The molecule has 0 aliphatic heterocycles. The van der Waals surface area contributed by atoms with Crippen LogP contribution in [0.15, 0.2) is 57.7 Å². The molecule has 0 aliphatic carbocycles. The highest BCUT2D eigenvalue weighted by atomic mass is 32.1. The van der Waals surface area contributed by atoms with Crippen molar-refractivity contribution in [2.45, 2.75) is 6.92 Å². The summed E-state index contributed by atoms with van der Waals surface area (Å²) in [5.74, 6) is -0.388. The van der Waals surface area contributed by atoms with Gasteiger partial charge in [0.05, 0.1) is 10.9 Å². The SMILES string of the molecule is Cc1c(C(=O)Nn2c(=S)[nH]c3ccccc3c2=O)oc2ccccc12. The molecule has 124 valence electrons. The number of hydrogen-bond donors (Lipinski definition) is 2. The highest BCUT2D eigenvalue weighted by molar-refractivity contribution is 7.71. The topological polar surface area (TPSA) is 80.0 Å². The number of carbonyl (C=O) groups is 1. The Balaban J connectivity index is 1.81. The van der Waals surface area contributed by atoms with Crippen molar-refractivity contribution >= 4 is 40.0 Å². The lowest BCUT2D eigenvalue weighted by Gasteiger charge is -2.08. The van der Waals surface area contributed by atoms with Crippen LogP contribution in [0.25, 0.3) is 21.9 Å². The molecule has 2 aromatic carbocycles. The monoisotopic (exact) mass is 351 g/mol. The first kappa shape index (κ1) is 15.3. The molecule has 7 heteroatoms. The number of aromatic nitrogens is 2. The quantitative estimate of drug-likeness (QED) is 0.542. The predicted molar refractivity (Wildman–Crippen MR) is 98.0 cm³/mol. The van der Waals surface area contributed by atoms with Gasteiger partial charge in [-0.25, -0.2) is 0 Å².